The van der Waals surface area contributed by atoms with Crippen molar-refractivity contribution in [3.8, 4) is 0 Å². The van der Waals surface area contributed by atoms with E-state index in [0.717, 1.165) is 12.1 Å². The van der Waals surface area contributed by atoms with Crippen LogP contribution in [0.25, 0.3) is 0 Å². The van der Waals surface area contributed by atoms with E-state index in [1.54, 1.807) is 0 Å². The first kappa shape index (κ1) is 12.3. The van der Waals surface area contributed by atoms with Crippen molar-refractivity contribution >= 4 is 11.6 Å². The highest BCUT2D eigenvalue weighted by atomic mass is 35.5. The zero-order chi connectivity index (χ0) is 11.6. The van der Waals surface area contributed by atoms with Crippen molar-refractivity contribution in [1.82, 2.24) is 0 Å². The summed E-state index contributed by atoms with van der Waals surface area (Å²) in [5, 5.41) is 8.85. The quantitative estimate of drug-likeness (QED) is 0.791. The number of aliphatic hydroxyl groups excluding tert-OH is 1. The van der Waals surface area contributed by atoms with Crippen LogP contribution in [0.2, 0.25) is 5.02 Å². The van der Waals surface area contributed by atoms with Gasteiger partial charge in [-0.3, -0.25) is 0 Å². The minimum Gasteiger partial charge on any atom is -0.383 e. The van der Waals surface area contributed by atoms with Gasteiger partial charge in [0.25, 0.3) is 0 Å². The van der Waals surface area contributed by atoms with Crippen LogP contribution in [0.4, 0.5) is 17.6 Å². The molecule has 1 nitrogen and oxygen atoms in total. The minimum atomic E-state index is -4.76. The van der Waals surface area contributed by atoms with Crippen molar-refractivity contribution in [3.63, 3.8) is 0 Å². The van der Waals surface area contributed by atoms with Crippen LogP contribution in [0.15, 0.2) is 18.2 Å². The number of hydrogen-bond acceptors (Lipinski definition) is 1. The summed E-state index contributed by atoms with van der Waals surface area (Å²) >= 11 is 5.48. The van der Waals surface area contributed by atoms with E-state index in [1.165, 1.54) is 6.07 Å². The molecule has 0 spiro atoms. The fourth-order valence-corrected chi connectivity index (χ4v) is 1.22. The van der Waals surface area contributed by atoms with Gasteiger partial charge in [-0.05, 0) is 23.8 Å². The molecule has 0 aliphatic heterocycles. The summed E-state index contributed by atoms with van der Waals surface area (Å²) < 4.78 is 48.9. The Morgan fingerprint density at radius 1 is 1.33 bits per heavy atom. The molecule has 0 saturated carbocycles. The van der Waals surface area contributed by atoms with Gasteiger partial charge < -0.3 is 5.11 Å². The molecule has 1 aromatic carbocycles. The molecule has 0 amide bonds. The van der Waals surface area contributed by atoms with E-state index in [0.29, 0.717) is 0 Å². The molecule has 1 atom stereocenters. The average Bonchev–Trinajstić information content (AvgIpc) is 2.09. The van der Waals surface area contributed by atoms with Crippen molar-refractivity contribution in [2.24, 2.45) is 0 Å². The van der Waals surface area contributed by atoms with Crippen LogP contribution in [-0.2, 0) is 6.42 Å². The number of alkyl halides is 3. The molecule has 1 aromatic rings. The van der Waals surface area contributed by atoms with E-state index in [-0.39, 0.29) is 10.6 Å². The summed E-state index contributed by atoms with van der Waals surface area (Å²) in [4.78, 5) is 0. The standard InChI is InChI=1S/C9H7ClF4O/c10-6-1-2-7(11)5(3-6)4-8(15)9(12,13)14/h1-3,8,15H,4H2/t8-/m0/s1. The Balaban J connectivity index is 2.85. The lowest BCUT2D eigenvalue weighted by molar-refractivity contribution is -0.203. The topological polar surface area (TPSA) is 20.2 Å². The van der Waals surface area contributed by atoms with Gasteiger partial charge in [-0.15, -0.1) is 0 Å². The van der Waals surface area contributed by atoms with Gasteiger partial charge in [0.1, 0.15) is 5.82 Å². The maximum atomic E-state index is 13.0. The van der Waals surface area contributed by atoms with Crippen LogP contribution in [-0.4, -0.2) is 17.4 Å². The third-order valence-corrected chi connectivity index (χ3v) is 2.03. The second-order valence-corrected chi connectivity index (χ2v) is 3.43. The van der Waals surface area contributed by atoms with Gasteiger partial charge in [0, 0.05) is 11.4 Å². The van der Waals surface area contributed by atoms with Gasteiger partial charge >= 0.3 is 6.18 Å². The van der Waals surface area contributed by atoms with Crippen molar-refractivity contribution in [2.45, 2.75) is 18.7 Å². The second kappa shape index (κ2) is 4.37. The third kappa shape index (κ3) is 3.35. The van der Waals surface area contributed by atoms with Gasteiger partial charge in [-0.25, -0.2) is 4.39 Å². The molecule has 6 heteroatoms. The van der Waals surface area contributed by atoms with Crippen LogP contribution < -0.4 is 0 Å². The number of halogens is 5. The lowest BCUT2D eigenvalue weighted by Crippen LogP contribution is -2.30. The first-order chi connectivity index (χ1) is 6.80. The fourth-order valence-electron chi connectivity index (χ4n) is 1.02. The number of aliphatic hydroxyl groups is 1. The van der Waals surface area contributed by atoms with Gasteiger partial charge in [0.2, 0.25) is 0 Å². The molecule has 0 bridgehead atoms. The maximum absolute atomic E-state index is 13.0. The molecule has 0 saturated heterocycles. The van der Waals surface area contributed by atoms with Gasteiger partial charge in [-0.1, -0.05) is 11.6 Å². The summed E-state index contributed by atoms with van der Waals surface area (Å²) in [7, 11) is 0. The zero-order valence-corrected chi connectivity index (χ0v) is 8.11. The molecule has 0 fully saturated rings. The molecule has 0 unspecified atom stereocenters. The summed E-state index contributed by atoms with van der Waals surface area (Å²) in [5.74, 6) is -0.817. The van der Waals surface area contributed by atoms with E-state index >= 15 is 0 Å². The van der Waals surface area contributed by atoms with Gasteiger partial charge in [0.05, 0.1) is 0 Å². The monoisotopic (exact) mass is 242 g/mol. The molecule has 1 N–H and O–H groups in total. The van der Waals surface area contributed by atoms with E-state index in [9.17, 15) is 17.6 Å². The van der Waals surface area contributed by atoms with Crippen LogP contribution in [0.3, 0.4) is 0 Å². The van der Waals surface area contributed by atoms with E-state index in [1.807, 2.05) is 0 Å². The molecule has 0 heterocycles. The molecular weight excluding hydrogens is 236 g/mol. The highest BCUT2D eigenvalue weighted by Crippen LogP contribution is 2.25. The Bertz CT molecular complexity index is 350. The van der Waals surface area contributed by atoms with Crippen molar-refractivity contribution in [1.29, 1.82) is 0 Å². The largest absolute Gasteiger partial charge is 0.414 e. The summed E-state index contributed by atoms with van der Waals surface area (Å²) in [6, 6.07) is 3.24. The van der Waals surface area contributed by atoms with Crippen LogP contribution in [0.5, 0.6) is 0 Å². The predicted octanol–water partition coefficient (Wildman–Crippen LogP) is 2.94. The number of rotatable bonds is 2. The van der Waals surface area contributed by atoms with E-state index in [2.05, 4.69) is 0 Å². The predicted molar refractivity (Wildman–Crippen MR) is 47.2 cm³/mol. The lowest BCUT2D eigenvalue weighted by atomic mass is 10.1. The summed E-state index contributed by atoms with van der Waals surface area (Å²) in [5.41, 5.74) is -0.257. The molecule has 0 aliphatic carbocycles. The SMILES string of the molecule is O[C@@H](Cc1cc(Cl)ccc1F)C(F)(F)F. The van der Waals surface area contributed by atoms with Crippen molar-refractivity contribution in [3.05, 3.63) is 34.6 Å². The zero-order valence-electron chi connectivity index (χ0n) is 7.35. The summed E-state index contributed by atoms with van der Waals surface area (Å²) in [6.45, 7) is 0. The molecule has 84 valence electrons. The Hall–Kier alpha value is -0.810. The molecule has 0 aromatic heterocycles. The average molecular weight is 243 g/mol. The van der Waals surface area contributed by atoms with Gasteiger partial charge in [0.15, 0.2) is 6.10 Å². The highest BCUT2D eigenvalue weighted by molar-refractivity contribution is 6.30. The third-order valence-electron chi connectivity index (χ3n) is 1.80. The minimum absolute atomic E-state index is 0.126. The molecule has 0 radical (unpaired) electrons. The smallest absolute Gasteiger partial charge is 0.383 e. The first-order valence-electron chi connectivity index (χ1n) is 3.99. The Morgan fingerprint density at radius 2 is 1.93 bits per heavy atom. The molecule has 15 heavy (non-hydrogen) atoms. The Morgan fingerprint density at radius 3 is 2.47 bits per heavy atom. The Labute approximate surface area is 88.3 Å². The molecule has 1 rings (SSSR count). The van der Waals surface area contributed by atoms with Crippen molar-refractivity contribution in [2.75, 3.05) is 0 Å². The molecular formula is C9H7ClF4O. The fraction of sp³-hybridized carbons (Fsp3) is 0.333. The summed E-state index contributed by atoms with van der Waals surface area (Å²) in [6.07, 6.45) is -8.17. The first-order valence-corrected chi connectivity index (χ1v) is 4.37. The second-order valence-electron chi connectivity index (χ2n) is 3.00. The number of hydrogen-bond donors (Lipinski definition) is 1. The maximum Gasteiger partial charge on any atom is 0.414 e. The van der Waals surface area contributed by atoms with E-state index in [4.69, 9.17) is 16.7 Å². The lowest BCUT2D eigenvalue weighted by Gasteiger charge is -2.14. The Kier molecular flexibility index (Phi) is 3.57. The number of benzene rings is 1. The van der Waals surface area contributed by atoms with Crippen molar-refractivity contribution < 1.29 is 22.7 Å². The highest BCUT2D eigenvalue weighted by Gasteiger charge is 2.38. The van der Waals surface area contributed by atoms with Crippen LogP contribution in [0, 0.1) is 5.82 Å². The van der Waals surface area contributed by atoms with Gasteiger partial charge in [-0.2, -0.15) is 13.2 Å². The van der Waals surface area contributed by atoms with Crippen LogP contribution in [0.1, 0.15) is 5.56 Å². The van der Waals surface area contributed by atoms with E-state index < -0.39 is 24.5 Å². The normalized spacial score (nSPS) is 14.0. The van der Waals surface area contributed by atoms with Crippen LogP contribution >= 0.6 is 11.6 Å². The molecule has 0 aliphatic rings.